The van der Waals surface area contributed by atoms with Gasteiger partial charge in [-0.2, -0.15) is 0 Å². The minimum atomic E-state index is 0.0655. The number of hydrogen-bond donors (Lipinski definition) is 2. The zero-order valence-electron chi connectivity index (χ0n) is 11.2. The van der Waals surface area contributed by atoms with Crippen molar-refractivity contribution >= 4 is 46.0 Å². The van der Waals surface area contributed by atoms with Crippen molar-refractivity contribution in [2.24, 2.45) is 4.99 Å². The Bertz CT molecular complexity index is 853. The molecule has 0 atom stereocenters. The van der Waals surface area contributed by atoms with Crippen LogP contribution in [0.25, 0.3) is 10.9 Å². The standard InChI is InChI=1S/C16H12Cl2N2O/c1-9-2-3-10(17)6-14(9)19-8-13-12-5-4-11(18)7-15(12)20-16(13)21/h2-8,20-21H,1H3. The molecule has 1 heterocycles. The molecule has 1 aromatic heterocycles. The second kappa shape index (κ2) is 5.43. The molecule has 0 fully saturated rings. The van der Waals surface area contributed by atoms with Gasteiger partial charge < -0.3 is 10.1 Å². The van der Waals surface area contributed by atoms with E-state index in [-0.39, 0.29) is 5.88 Å². The van der Waals surface area contributed by atoms with Crippen molar-refractivity contribution in [1.29, 1.82) is 0 Å². The van der Waals surface area contributed by atoms with E-state index in [1.54, 1.807) is 24.4 Å². The number of H-pyrrole nitrogens is 1. The number of aliphatic imine (C=N–C) groups is 1. The fourth-order valence-corrected chi connectivity index (χ4v) is 2.50. The molecule has 3 rings (SSSR count). The van der Waals surface area contributed by atoms with Gasteiger partial charge in [0.1, 0.15) is 0 Å². The highest BCUT2D eigenvalue weighted by molar-refractivity contribution is 6.31. The Hall–Kier alpha value is -1.97. The van der Waals surface area contributed by atoms with Crippen LogP contribution in [0.3, 0.4) is 0 Å². The molecule has 3 aromatic rings. The number of aromatic amines is 1. The number of rotatable bonds is 2. The molecule has 0 aliphatic rings. The summed E-state index contributed by atoms with van der Waals surface area (Å²) in [7, 11) is 0. The van der Waals surface area contributed by atoms with Crippen molar-refractivity contribution < 1.29 is 5.11 Å². The van der Waals surface area contributed by atoms with Crippen LogP contribution in [0, 0.1) is 6.92 Å². The van der Waals surface area contributed by atoms with E-state index in [1.165, 1.54) is 0 Å². The Morgan fingerprint density at radius 2 is 1.81 bits per heavy atom. The van der Waals surface area contributed by atoms with Crippen molar-refractivity contribution in [1.82, 2.24) is 4.98 Å². The van der Waals surface area contributed by atoms with E-state index in [0.29, 0.717) is 15.6 Å². The first kappa shape index (κ1) is 14.0. The Balaban J connectivity index is 2.07. The molecule has 0 unspecified atom stereocenters. The smallest absolute Gasteiger partial charge is 0.198 e. The van der Waals surface area contributed by atoms with E-state index in [4.69, 9.17) is 23.2 Å². The molecule has 0 amide bonds. The number of aryl methyl sites for hydroxylation is 1. The van der Waals surface area contributed by atoms with Crippen LogP contribution in [0.4, 0.5) is 5.69 Å². The van der Waals surface area contributed by atoms with E-state index < -0.39 is 0 Å². The highest BCUT2D eigenvalue weighted by Gasteiger charge is 2.09. The zero-order chi connectivity index (χ0) is 15.0. The summed E-state index contributed by atoms with van der Waals surface area (Å²) >= 11 is 11.9. The van der Waals surface area contributed by atoms with Crippen LogP contribution in [-0.4, -0.2) is 16.3 Å². The second-order valence-corrected chi connectivity index (χ2v) is 5.64. The van der Waals surface area contributed by atoms with Crippen molar-refractivity contribution in [2.45, 2.75) is 6.92 Å². The molecular weight excluding hydrogens is 307 g/mol. The molecule has 106 valence electrons. The quantitative estimate of drug-likeness (QED) is 0.624. The number of benzene rings is 2. The summed E-state index contributed by atoms with van der Waals surface area (Å²) < 4.78 is 0. The Morgan fingerprint density at radius 3 is 2.62 bits per heavy atom. The van der Waals surface area contributed by atoms with Crippen LogP contribution in [0.15, 0.2) is 41.4 Å². The topological polar surface area (TPSA) is 48.4 Å². The lowest BCUT2D eigenvalue weighted by Gasteiger charge is -2.00. The molecule has 2 aromatic carbocycles. The minimum Gasteiger partial charge on any atom is -0.494 e. The first-order valence-electron chi connectivity index (χ1n) is 6.35. The molecule has 21 heavy (non-hydrogen) atoms. The molecule has 0 aliphatic carbocycles. The molecule has 0 saturated carbocycles. The van der Waals surface area contributed by atoms with Gasteiger partial charge in [-0.05, 0) is 36.8 Å². The van der Waals surface area contributed by atoms with Gasteiger partial charge in [0.25, 0.3) is 0 Å². The number of nitrogens with zero attached hydrogens (tertiary/aromatic N) is 1. The van der Waals surface area contributed by atoms with Gasteiger partial charge in [0, 0.05) is 21.6 Å². The summed E-state index contributed by atoms with van der Waals surface area (Å²) in [6.45, 7) is 1.96. The van der Waals surface area contributed by atoms with Crippen molar-refractivity contribution in [2.75, 3.05) is 0 Å². The summed E-state index contributed by atoms with van der Waals surface area (Å²) in [5, 5.41) is 12.1. The van der Waals surface area contributed by atoms with Crippen LogP contribution < -0.4 is 0 Å². The molecule has 0 spiro atoms. The fourth-order valence-electron chi connectivity index (χ4n) is 2.16. The van der Waals surface area contributed by atoms with Crippen molar-refractivity contribution in [3.8, 4) is 5.88 Å². The summed E-state index contributed by atoms with van der Waals surface area (Å²) in [5.41, 5.74) is 3.17. The number of aromatic nitrogens is 1. The maximum Gasteiger partial charge on any atom is 0.198 e. The van der Waals surface area contributed by atoms with E-state index in [2.05, 4.69) is 9.98 Å². The molecule has 3 nitrogen and oxygen atoms in total. The van der Waals surface area contributed by atoms with E-state index in [0.717, 1.165) is 22.2 Å². The molecule has 0 bridgehead atoms. The van der Waals surface area contributed by atoms with Gasteiger partial charge in [0.05, 0.1) is 16.8 Å². The molecule has 5 heteroatoms. The van der Waals surface area contributed by atoms with Crippen LogP contribution in [-0.2, 0) is 0 Å². The Morgan fingerprint density at radius 1 is 1.10 bits per heavy atom. The number of halogens is 2. The first-order chi connectivity index (χ1) is 10.0. The lowest BCUT2D eigenvalue weighted by Crippen LogP contribution is -1.81. The molecular formula is C16H12Cl2N2O. The van der Waals surface area contributed by atoms with E-state index in [9.17, 15) is 5.11 Å². The average Bonchev–Trinajstić information content (AvgIpc) is 2.74. The lowest BCUT2D eigenvalue weighted by molar-refractivity contribution is 0.457. The van der Waals surface area contributed by atoms with Gasteiger partial charge in [-0.3, -0.25) is 4.99 Å². The third-order valence-electron chi connectivity index (χ3n) is 3.28. The Labute approximate surface area is 131 Å². The molecule has 0 aliphatic heterocycles. The SMILES string of the molecule is Cc1ccc(Cl)cc1N=Cc1c(O)[nH]c2cc(Cl)ccc12. The van der Waals surface area contributed by atoms with Gasteiger partial charge >= 0.3 is 0 Å². The summed E-state index contributed by atoms with van der Waals surface area (Å²) in [5.74, 6) is 0.0655. The third kappa shape index (κ3) is 2.75. The van der Waals surface area contributed by atoms with Gasteiger partial charge in [-0.25, -0.2) is 0 Å². The van der Waals surface area contributed by atoms with E-state index in [1.807, 2.05) is 25.1 Å². The second-order valence-electron chi connectivity index (χ2n) is 4.77. The highest BCUT2D eigenvalue weighted by atomic mass is 35.5. The minimum absolute atomic E-state index is 0.0655. The van der Waals surface area contributed by atoms with Gasteiger partial charge in [-0.15, -0.1) is 0 Å². The summed E-state index contributed by atoms with van der Waals surface area (Å²) in [6.07, 6.45) is 1.63. The van der Waals surface area contributed by atoms with E-state index >= 15 is 0 Å². The predicted molar refractivity (Wildman–Crippen MR) is 88.4 cm³/mol. The number of hydrogen-bond acceptors (Lipinski definition) is 2. The van der Waals surface area contributed by atoms with Gasteiger partial charge in [0.2, 0.25) is 0 Å². The van der Waals surface area contributed by atoms with Crippen LogP contribution in [0.5, 0.6) is 5.88 Å². The molecule has 0 saturated heterocycles. The number of nitrogens with one attached hydrogen (secondary N) is 1. The van der Waals surface area contributed by atoms with Gasteiger partial charge in [-0.1, -0.05) is 35.3 Å². The van der Waals surface area contributed by atoms with Gasteiger partial charge in [0.15, 0.2) is 5.88 Å². The zero-order valence-corrected chi connectivity index (χ0v) is 12.7. The number of aromatic hydroxyl groups is 1. The lowest BCUT2D eigenvalue weighted by atomic mass is 10.2. The molecule has 0 radical (unpaired) electrons. The first-order valence-corrected chi connectivity index (χ1v) is 7.10. The Kier molecular flexibility index (Phi) is 3.62. The maximum atomic E-state index is 10.0. The highest BCUT2D eigenvalue weighted by Crippen LogP contribution is 2.29. The van der Waals surface area contributed by atoms with Crippen molar-refractivity contribution in [3.63, 3.8) is 0 Å². The third-order valence-corrected chi connectivity index (χ3v) is 3.75. The largest absolute Gasteiger partial charge is 0.494 e. The van der Waals surface area contributed by atoms with Crippen LogP contribution in [0.2, 0.25) is 10.0 Å². The maximum absolute atomic E-state index is 10.0. The summed E-state index contributed by atoms with van der Waals surface area (Å²) in [6, 6.07) is 10.9. The van der Waals surface area contributed by atoms with Crippen LogP contribution >= 0.6 is 23.2 Å². The van der Waals surface area contributed by atoms with Crippen molar-refractivity contribution in [3.05, 3.63) is 57.6 Å². The number of fused-ring (bicyclic) bond motifs is 1. The molecule has 2 N–H and O–H groups in total. The predicted octanol–water partition coefficient (Wildman–Crippen LogP) is 5.24. The normalized spacial score (nSPS) is 11.6. The van der Waals surface area contributed by atoms with Crippen LogP contribution in [0.1, 0.15) is 11.1 Å². The summed E-state index contributed by atoms with van der Waals surface area (Å²) in [4.78, 5) is 7.30. The fraction of sp³-hybridized carbons (Fsp3) is 0.0625. The monoisotopic (exact) mass is 318 g/mol. The average molecular weight is 319 g/mol.